The molecule has 0 aromatic heterocycles. The number of hydrogen-bond donors (Lipinski definition) is 0. The molecule has 0 heterocycles. The first-order valence-corrected chi connectivity index (χ1v) is 19.4. The Hall–Kier alpha value is -0.322. The standard InChI is InChI=1S/C22H45NO2Si4/c1-12-15-23-17-18-13-14-19(28(8,9)24-26-21(2,3)4)16-20(18)29(10,11)25-27-22(5,6)7/h13-14,16-17H,12,15,26-27H2,1-11H3. The van der Waals surface area contributed by atoms with Crippen molar-refractivity contribution >= 4 is 52.7 Å². The van der Waals surface area contributed by atoms with Gasteiger partial charge < -0.3 is 8.23 Å². The molecular formula is C22H45NO2Si4. The maximum absolute atomic E-state index is 6.71. The van der Waals surface area contributed by atoms with E-state index in [2.05, 4.69) is 104 Å². The van der Waals surface area contributed by atoms with E-state index in [1.54, 1.807) is 0 Å². The summed E-state index contributed by atoms with van der Waals surface area (Å²) >= 11 is 0. The molecule has 7 heteroatoms. The predicted molar refractivity (Wildman–Crippen MR) is 142 cm³/mol. The largest absolute Gasteiger partial charge is 0.457 e. The summed E-state index contributed by atoms with van der Waals surface area (Å²) < 4.78 is 13.3. The second kappa shape index (κ2) is 10.3. The molecular weight excluding hydrogens is 423 g/mol. The highest BCUT2D eigenvalue weighted by Crippen LogP contribution is 2.24. The fraction of sp³-hybridized carbons (Fsp3) is 0.682. The molecule has 1 rings (SSSR count). The van der Waals surface area contributed by atoms with Crippen molar-refractivity contribution in [2.45, 2.75) is 91.2 Å². The minimum atomic E-state index is -2.02. The van der Waals surface area contributed by atoms with E-state index >= 15 is 0 Å². The van der Waals surface area contributed by atoms with Gasteiger partial charge in [-0.1, -0.05) is 66.7 Å². The summed E-state index contributed by atoms with van der Waals surface area (Å²) in [5.74, 6) is 0. The van der Waals surface area contributed by atoms with Crippen LogP contribution in [0.3, 0.4) is 0 Å². The highest BCUT2D eigenvalue weighted by Gasteiger charge is 2.33. The van der Waals surface area contributed by atoms with Crippen LogP contribution in [0.1, 0.15) is 60.5 Å². The van der Waals surface area contributed by atoms with Crippen LogP contribution >= 0.6 is 0 Å². The van der Waals surface area contributed by atoms with Crippen LogP contribution in [-0.4, -0.2) is 48.9 Å². The number of aliphatic imine (C=N–C) groups is 1. The van der Waals surface area contributed by atoms with Crippen LogP contribution in [0.25, 0.3) is 0 Å². The second-order valence-corrected chi connectivity index (χ2v) is 25.8. The first-order chi connectivity index (χ1) is 13.1. The molecule has 0 aliphatic carbocycles. The number of rotatable bonds is 9. The predicted octanol–water partition coefficient (Wildman–Crippen LogP) is 3.98. The van der Waals surface area contributed by atoms with Gasteiger partial charge in [-0.05, 0) is 58.6 Å². The molecule has 0 fully saturated rings. The van der Waals surface area contributed by atoms with E-state index in [1.807, 2.05) is 0 Å². The van der Waals surface area contributed by atoms with Gasteiger partial charge in [0, 0.05) is 12.8 Å². The fourth-order valence-electron chi connectivity index (χ4n) is 2.81. The van der Waals surface area contributed by atoms with Gasteiger partial charge in [-0.25, -0.2) is 0 Å². The average molecular weight is 468 g/mol. The minimum Gasteiger partial charge on any atom is -0.457 e. The van der Waals surface area contributed by atoms with Crippen molar-refractivity contribution in [3.8, 4) is 0 Å². The number of benzene rings is 1. The summed E-state index contributed by atoms with van der Waals surface area (Å²) in [5, 5.41) is 3.38. The van der Waals surface area contributed by atoms with E-state index in [0.717, 1.165) is 13.0 Å². The Morgan fingerprint density at radius 1 is 0.897 bits per heavy atom. The molecule has 1 aromatic rings. The normalized spacial score (nSPS) is 14.9. The molecule has 3 nitrogen and oxygen atoms in total. The Labute approximate surface area is 187 Å². The quantitative estimate of drug-likeness (QED) is 0.406. The molecule has 29 heavy (non-hydrogen) atoms. The molecule has 0 saturated heterocycles. The van der Waals surface area contributed by atoms with Crippen LogP contribution in [0.4, 0.5) is 0 Å². The lowest BCUT2D eigenvalue weighted by Crippen LogP contribution is -2.53. The third-order valence-corrected chi connectivity index (χ3v) is 16.8. The summed E-state index contributed by atoms with van der Waals surface area (Å²) in [6, 6.07) is 6.96. The van der Waals surface area contributed by atoms with Crippen LogP contribution in [0.5, 0.6) is 0 Å². The van der Waals surface area contributed by atoms with Gasteiger partial charge in [0.15, 0.2) is 19.5 Å². The average Bonchev–Trinajstić information content (AvgIpc) is 2.57. The Bertz CT molecular complexity index is 689. The van der Waals surface area contributed by atoms with E-state index in [-0.39, 0.29) is 0 Å². The van der Waals surface area contributed by atoms with Crippen molar-refractivity contribution in [1.82, 2.24) is 0 Å². The molecule has 0 spiro atoms. The van der Waals surface area contributed by atoms with Crippen molar-refractivity contribution < 1.29 is 8.23 Å². The molecule has 166 valence electrons. The van der Waals surface area contributed by atoms with Crippen LogP contribution in [0.2, 0.25) is 36.3 Å². The first-order valence-electron chi connectivity index (χ1n) is 11.0. The SMILES string of the molecule is CCCN=Cc1ccc([Si](C)(C)O[SiH2]C(C)(C)C)cc1[Si](C)(C)O[SiH2]C(C)(C)C. The van der Waals surface area contributed by atoms with Gasteiger partial charge in [-0.15, -0.1) is 0 Å². The summed E-state index contributed by atoms with van der Waals surface area (Å²) in [7, 11) is -5.13. The zero-order chi connectivity index (χ0) is 22.5. The molecule has 0 saturated carbocycles. The summed E-state index contributed by atoms with van der Waals surface area (Å²) in [6.07, 6.45) is 3.14. The molecule has 0 atom stereocenters. The Kier molecular flexibility index (Phi) is 9.51. The van der Waals surface area contributed by atoms with E-state index in [0.29, 0.717) is 10.1 Å². The molecule has 0 unspecified atom stereocenters. The maximum Gasteiger partial charge on any atom is 0.206 e. The smallest absolute Gasteiger partial charge is 0.206 e. The van der Waals surface area contributed by atoms with Gasteiger partial charge in [-0.2, -0.15) is 0 Å². The number of nitrogens with zero attached hydrogens (tertiary/aromatic N) is 1. The lowest BCUT2D eigenvalue weighted by Gasteiger charge is -2.32. The third-order valence-electron chi connectivity index (χ3n) is 4.71. The highest BCUT2D eigenvalue weighted by molar-refractivity contribution is 6.90. The Balaban J connectivity index is 3.31. The zero-order valence-electron chi connectivity index (χ0n) is 20.9. The third kappa shape index (κ3) is 9.57. The van der Waals surface area contributed by atoms with Crippen molar-refractivity contribution in [1.29, 1.82) is 0 Å². The Morgan fingerprint density at radius 2 is 1.41 bits per heavy atom. The van der Waals surface area contributed by atoms with Crippen molar-refractivity contribution in [2.24, 2.45) is 4.99 Å². The molecule has 0 bridgehead atoms. The zero-order valence-corrected chi connectivity index (χ0v) is 25.7. The summed E-state index contributed by atoms with van der Waals surface area (Å²) in [6.45, 7) is 26.2. The van der Waals surface area contributed by atoms with Crippen LogP contribution < -0.4 is 10.4 Å². The van der Waals surface area contributed by atoms with Gasteiger partial charge in [0.05, 0.1) is 0 Å². The van der Waals surface area contributed by atoms with Crippen LogP contribution in [0.15, 0.2) is 23.2 Å². The lowest BCUT2D eigenvalue weighted by molar-refractivity contribution is 0.549. The van der Waals surface area contributed by atoms with Gasteiger partial charge in [0.25, 0.3) is 0 Å². The molecule has 0 radical (unpaired) electrons. The van der Waals surface area contributed by atoms with Gasteiger partial charge in [-0.3, -0.25) is 4.99 Å². The van der Waals surface area contributed by atoms with Crippen molar-refractivity contribution in [3.05, 3.63) is 23.8 Å². The van der Waals surface area contributed by atoms with Gasteiger partial charge in [0.2, 0.25) is 16.6 Å². The van der Waals surface area contributed by atoms with E-state index in [9.17, 15) is 0 Å². The van der Waals surface area contributed by atoms with Crippen LogP contribution in [0, 0.1) is 0 Å². The number of hydrogen-bond acceptors (Lipinski definition) is 3. The van der Waals surface area contributed by atoms with E-state index < -0.39 is 36.2 Å². The van der Waals surface area contributed by atoms with E-state index in [4.69, 9.17) is 8.23 Å². The minimum absolute atomic E-state index is 0.299. The van der Waals surface area contributed by atoms with Crippen molar-refractivity contribution in [2.75, 3.05) is 6.54 Å². The topological polar surface area (TPSA) is 30.8 Å². The van der Waals surface area contributed by atoms with Gasteiger partial charge >= 0.3 is 0 Å². The monoisotopic (exact) mass is 467 g/mol. The van der Waals surface area contributed by atoms with E-state index in [1.165, 1.54) is 15.9 Å². The molecule has 0 amide bonds. The highest BCUT2D eigenvalue weighted by atomic mass is 28.4. The molecule has 0 N–H and O–H groups in total. The second-order valence-electron chi connectivity index (χ2n) is 11.6. The fourth-order valence-corrected chi connectivity index (χ4v) is 12.9. The first kappa shape index (κ1) is 26.7. The summed E-state index contributed by atoms with van der Waals surface area (Å²) in [5.41, 5.74) is 1.24. The Morgan fingerprint density at radius 3 is 1.90 bits per heavy atom. The van der Waals surface area contributed by atoms with Crippen LogP contribution in [-0.2, 0) is 8.23 Å². The maximum atomic E-state index is 6.71. The van der Waals surface area contributed by atoms with Gasteiger partial charge in [0.1, 0.15) is 0 Å². The summed E-state index contributed by atoms with van der Waals surface area (Å²) in [4.78, 5) is 4.64. The molecule has 0 aliphatic rings. The van der Waals surface area contributed by atoms with Crippen molar-refractivity contribution in [3.63, 3.8) is 0 Å². The molecule has 1 aromatic carbocycles. The lowest BCUT2D eigenvalue weighted by atomic mass is 10.2. The molecule has 0 aliphatic heterocycles.